The van der Waals surface area contributed by atoms with E-state index in [0.717, 1.165) is 27.6 Å². The molecule has 7 heteroatoms. The summed E-state index contributed by atoms with van der Waals surface area (Å²) in [5.74, 6) is -0.0353. The van der Waals surface area contributed by atoms with Crippen LogP contribution in [0.3, 0.4) is 0 Å². The Labute approximate surface area is 151 Å². The topological polar surface area (TPSA) is 88.4 Å². The summed E-state index contributed by atoms with van der Waals surface area (Å²) in [5.41, 5.74) is 2.43. The lowest BCUT2D eigenvalue weighted by atomic mass is 10.1. The number of carbonyl (C=O) groups is 1. The fraction of sp³-hybridized carbons (Fsp3) is 0.316. The van der Waals surface area contributed by atoms with Gasteiger partial charge in [-0.1, -0.05) is 18.2 Å². The standard InChI is InChI=1S/C19H20N2O4S/c1-12(19(22)21-14-8-9-26(23,24)11-14)20-13-6-7-18-16(10-13)15-4-2-3-5-17(15)25-18/h2-7,10,12,14,20H,8-9,11H2,1H3,(H,21,22). The Morgan fingerprint density at radius 2 is 1.92 bits per heavy atom. The lowest BCUT2D eigenvalue weighted by molar-refractivity contribution is -0.122. The Morgan fingerprint density at radius 1 is 1.15 bits per heavy atom. The molecule has 1 amide bonds. The van der Waals surface area contributed by atoms with E-state index in [1.165, 1.54) is 0 Å². The van der Waals surface area contributed by atoms with Crippen molar-refractivity contribution in [3.63, 3.8) is 0 Å². The van der Waals surface area contributed by atoms with E-state index in [4.69, 9.17) is 4.42 Å². The number of anilines is 1. The molecule has 0 radical (unpaired) electrons. The molecule has 2 N–H and O–H groups in total. The minimum atomic E-state index is -3.01. The Bertz CT molecular complexity index is 1090. The summed E-state index contributed by atoms with van der Waals surface area (Å²) in [6.45, 7) is 1.76. The molecule has 0 bridgehead atoms. The van der Waals surface area contributed by atoms with Gasteiger partial charge in [-0.15, -0.1) is 0 Å². The maximum atomic E-state index is 12.4. The van der Waals surface area contributed by atoms with Crippen molar-refractivity contribution in [1.29, 1.82) is 0 Å². The fourth-order valence-electron chi connectivity index (χ4n) is 3.37. The number of sulfone groups is 1. The normalized spacial score (nSPS) is 20.3. The highest BCUT2D eigenvalue weighted by Gasteiger charge is 2.29. The van der Waals surface area contributed by atoms with E-state index in [-0.39, 0.29) is 23.5 Å². The van der Waals surface area contributed by atoms with Crippen LogP contribution >= 0.6 is 0 Å². The fourth-order valence-corrected chi connectivity index (χ4v) is 5.04. The van der Waals surface area contributed by atoms with E-state index in [9.17, 15) is 13.2 Å². The number of hydrogen-bond donors (Lipinski definition) is 2. The number of amides is 1. The van der Waals surface area contributed by atoms with Crippen molar-refractivity contribution in [1.82, 2.24) is 5.32 Å². The lowest BCUT2D eigenvalue weighted by Gasteiger charge is -2.18. The molecule has 2 unspecified atom stereocenters. The largest absolute Gasteiger partial charge is 0.456 e. The van der Waals surface area contributed by atoms with E-state index in [2.05, 4.69) is 10.6 Å². The molecular formula is C19H20N2O4S. The van der Waals surface area contributed by atoms with Crippen molar-refractivity contribution < 1.29 is 17.6 Å². The van der Waals surface area contributed by atoms with Crippen LogP contribution in [0, 0.1) is 0 Å². The molecule has 1 aliphatic rings. The van der Waals surface area contributed by atoms with Gasteiger partial charge in [0.15, 0.2) is 9.84 Å². The molecule has 0 aliphatic carbocycles. The molecule has 136 valence electrons. The molecule has 2 atom stereocenters. The van der Waals surface area contributed by atoms with Crippen LogP contribution in [0.15, 0.2) is 46.9 Å². The lowest BCUT2D eigenvalue weighted by Crippen LogP contribution is -2.43. The number of hydrogen-bond acceptors (Lipinski definition) is 5. The van der Waals surface area contributed by atoms with Gasteiger partial charge in [-0.3, -0.25) is 4.79 Å². The Balaban J connectivity index is 1.49. The van der Waals surface area contributed by atoms with Crippen LogP contribution in [0.25, 0.3) is 21.9 Å². The molecule has 1 saturated heterocycles. The molecule has 0 saturated carbocycles. The van der Waals surface area contributed by atoms with Crippen molar-refractivity contribution in [2.24, 2.45) is 0 Å². The van der Waals surface area contributed by atoms with Gasteiger partial charge in [-0.25, -0.2) is 8.42 Å². The van der Waals surface area contributed by atoms with Gasteiger partial charge in [0, 0.05) is 22.5 Å². The summed E-state index contributed by atoms with van der Waals surface area (Å²) in [6, 6.07) is 12.8. The van der Waals surface area contributed by atoms with Crippen molar-refractivity contribution in [2.75, 3.05) is 16.8 Å². The molecule has 1 fully saturated rings. The number of fused-ring (bicyclic) bond motifs is 3. The Hall–Kier alpha value is -2.54. The summed E-state index contributed by atoms with van der Waals surface area (Å²) < 4.78 is 28.8. The monoisotopic (exact) mass is 372 g/mol. The summed E-state index contributed by atoms with van der Waals surface area (Å²) >= 11 is 0. The van der Waals surface area contributed by atoms with Crippen molar-refractivity contribution in [3.8, 4) is 0 Å². The first-order chi connectivity index (χ1) is 12.4. The third-order valence-electron chi connectivity index (χ3n) is 4.73. The smallest absolute Gasteiger partial charge is 0.242 e. The summed E-state index contributed by atoms with van der Waals surface area (Å²) in [7, 11) is -3.01. The van der Waals surface area contributed by atoms with Crippen molar-refractivity contribution in [2.45, 2.75) is 25.4 Å². The minimum Gasteiger partial charge on any atom is -0.456 e. The van der Waals surface area contributed by atoms with Crippen LogP contribution in [-0.2, 0) is 14.6 Å². The quantitative estimate of drug-likeness (QED) is 0.735. The second kappa shape index (κ2) is 6.32. The van der Waals surface area contributed by atoms with Crippen LogP contribution in [0.4, 0.5) is 5.69 Å². The zero-order chi connectivity index (χ0) is 18.3. The molecule has 2 aromatic carbocycles. The first-order valence-corrected chi connectivity index (χ1v) is 10.4. The van der Waals surface area contributed by atoms with E-state index in [1.54, 1.807) is 6.92 Å². The molecule has 1 aromatic heterocycles. The van der Waals surface area contributed by atoms with E-state index in [1.807, 2.05) is 42.5 Å². The maximum Gasteiger partial charge on any atom is 0.242 e. The zero-order valence-electron chi connectivity index (χ0n) is 14.4. The number of para-hydroxylation sites is 1. The number of benzene rings is 2. The minimum absolute atomic E-state index is 0.0262. The Morgan fingerprint density at radius 3 is 2.69 bits per heavy atom. The van der Waals surface area contributed by atoms with Gasteiger partial charge in [0.2, 0.25) is 5.91 Å². The molecule has 4 rings (SSSR count). The van der Waals surface area contributed by atoms with E-state index < -0.39 is 15.9 Å². The average molecular weight is 372 g/mol. The van der Waals surface area contributed by atoms with Gasteiger partial charge in [0.05, 0.1) is 11.5 Å². The summed E-state index contributed by atoms with van der Waals surface area (Å²) in [5, 5.41) is 8.01. The van der Waals surface area contributed by atoms with E-state index in [0.29, 0.717) is 6.42 Å². The van der Waals surface area contributed by atoms with Crippen molar-refractivity contribution >= 4 is 43.4 Å². The predicted molar refractivity (Wildman–Crippen MR) is 102 cm³/mol. The summed E-state index contributed by atoms with van der Waals surface area (Å²) in [6.07, 6.45) is 0.480. The van der Waals surface area contributed by atoms with Crippen LogP contribution in [0.5, 0.6) is 0 Å². The van der Waals surface area contributed by atoms with Gasteiger partial charge in [0.1, 0.15) is 17.2 Å². The number of carbonyl (C=O) groups excluding carboxylic acids is 1. The zero-order valence-corrected chi connectivity index (χ0v) is 15.2. The third-order valence-corrected chi connectivity index (χ3v) is 6.50. The van der Waals surface area contributed by atoms with Gasteiger partial charge < -0.3 is 15.1 Å². The first kappa shape index (κ1) is 16.9. The second-order valence-corrected chi connectivity index (χ2v) is 9.01. The van der Waals surface area contributed by atoms with Gasteiger partial charge >= 0.3 is 0 Å². The number of rotatable bonds is 4. The second-order valence-electron chi connectivity index (χ2n) is 6.78. The molecule has 1 aliphatic heterocycles. The average Bonchev–Trinajstić information content (AvgIpc) is 3.14. The van der Waals surface area contributed by atoms with Gasteiger partial charge in [-0.05, 0) is 37.6 Å². The van der Waals surface area contributed by atoms with Crippen LogP contribution in [0.2, 0.25) is 0 Å². The molecular weight excluding hydrogens is 352 g/mol. The molecule has 3 aromatic rings. The van der Waals surface area contributed by atoms with Gasteiger partial charge in [0.25, 0.3) is 0 Å². The van der Waals surface area contributed by atoms with E-state index >= 15 is 0 Å². The van der Waals surface area contributed by atoms with Crippen LogP contribution in [-0.4, -0.2) is 37.9 Å². The third kappa shape index (κ3) is 3.26. The Kier molecular flexibility index (Phi) is 4.11. The molecule has 0 spiro atoms. The first-order valence-electron chi connectivity index (χ1n) is 8.60. The molecule has 6 nitrogen and oxygen atoms in total. The number of furan rings is 1. The molecule has 26 heavy (non-hydrogen) atoms. The predicted octanol–water partition coefficient (Wildman–Crippen LogP) is 2.69. The summed E-state index contributed by atoms with van der Waals surface area (Å²) in [4.78, 5) is 12.4. The highest BCUT2D eigenvalue weighted by atomic mass is 32.2. The van der Waals surface area contributed by atoms with Gasteiger partial charge in [-0.2, -0.15) is 0 Å². The SMILES string of the molecule is CC(Nc1ccc2oc3ccccc3c2c1)C(=O)NC1CCS(=O)(=O)C1. The highest BCUT2D eigenvalue weighted by Crippen LogP contribution is 2.30. The highest BCUT2D eigenvalue weighted by molar-refractivity contribution is 7.91. The molecule has 2 heterocycles. The van der Waals surface area contributed by atoms with Crippen LogP contribution in [0.1, 0.15) is 13.3 Å². The van der Waals surface area contributed by atoms with Crippen LogP contribution < -0.4 is 10.6 Å². The maximum absolute atomic E-state index is 12.4. The van der Waals surface area contributed by atoms with Crippen molar-refractivity contribution in [3.05, 3.63) is 42.5 Å². The number of nitrogens with one attached hydrogen (secondary N) is 2.